The highest BCUT2D eigenvalue weighted by Gasteiger charge is 2.72. The van der Waals surface area contributed by atoms with Gasteiger partial charge in [-0.1, -0.05) is 38.5 Å². The van der Waals surface area contributed by atoms with E-state index >= 15 is 0 Å². The molecule has 1 saturated carbocycles. The molecule has 0 amide bonds. The molecule has 0 bridgehead atoms. The Kier molecular flexibility index (Phi) is 2.49. The average molecular weight is 283 g/mol. The van der Waals surface area contributed by atoms with Gasteiger partial charge in [-0.05, 0) is 31.4 Å². The molecule has 0 saturated heterocycles. The second-order valence-electron chi connectivity index (χ2n) is 8.16. The first-order valence-electron chi connectivity index (χ1n) is 8.41. The Bertz CT molecular complexity index is 643. The lowest BCUT2D eigenvalue weighted by Crippen LogP contribution is -2.69. The number of nitrogens with one attached hydrogen (secondary N) is 1. The van der Waals surface area contributed by atoms with Crippen LogP contribution >= 0.6 is 0 Å². The van der Waals surface area contributed by atoms with Crippen LogP contribution in [0.25, 0.3) is 0 Å². The van der Waals surface area contributed by atoms with Crippen LogP contribution in [-0.4, -0.2) is 15.9 Å². The molecule has 1 N–H and O–H groups in total. The van der Waals surface area contributed by atoms with Crippen molar-refractivity contribution in [2.45, 2.75) is 70.8 Å². The third-order valence-electron chi connectivity index (χ3n) is 6.88. The summed E-state index contributed by atoms with van der Waals surface area (Å²) in [5.74, 6) is 0. The predicted molar refractivity (Wildman–Crippen MR) is 88.0 cm³/mol. The molecule has 2 atom stereocenters. The van der Waals surface area contributed by atoms with Crippen molar-refractivity contribution < 1.29 is 4.68 Å². The monoisotopic (exact) mass is 283 g/mol. The van der Waals surface area contributed by atoms with Crippen molar-refractivity contribution in [2.24, 2.45) is 5.41 Å². The number of benzene rings is 1. The minimum absolute atomic E-state index is 0.219. The van der Waals surface area contributed by atoms with E-state index in [0.717, 1.165) is 0 Å². The van der Waals surface area contributed by atoms with Crippen molar-refractivity contribution in [3.8, 4) is 0 Å². The summed E-state index contributed by atoms with van der Waals surface area (Å²) in [7, 11) is 0. The van der Waals surface area contributed by atoms with Gasteiger partial charge in [-0.2, -0.15) is 5.43 Å². The first-order valence-corrected chi connectivity index (χ1v) is 8.41. The maximum atomic E-state index is 3.78. The fraction of sp³-hybridized carbons (Fsp3) is 0.632. The van der Waals surface area contributed by atoms with Crippen LogP contribution in [-0.2, 0) is 5.41 Å². The minimum Gasteiger partial charge on any atom is -0.165 e. The molecule has 2 nitrogen and oxygen atoms in total. The van der Waals surface area contributed by atoms with E-state index in [-0.39, 0.29) is 11.0 Å². The van der Waals surface area contributed by atoms with Crippen molar-refractivity contribution in [3.63, 3.8) is 0 Å². The van der Waals surface area contributed by atoms with E-state index < -0.39 is 0 Å². The Morgan fingerprint density at radius 1 is 1.05 bits per heavy atom. The Morgan fingerprint density at radius 3 is 2.62 bits per heavy atom. The zero-order chi connectivity index (χ0) is 14.9. The van der Waals surface area contributed by atoms with Crippen LogP contribution in [0.3, 0.4) is 0 Å². The smallest absolute Gasteiger partial charge is 0.165 e. The zero-order valence-electron chi connectivity index (χ0n) is 13.8. The van der Waals surface area contributed by atoms with Crippen molar-refractivity contribution in [1.29, 1.82) is 0 Å². The highest BCUT2D eigenvalue weighted by Crippen LogP contribution is 2.63. The number of hydrazine groups is 1. The molecule has 0 unspecified atom stereocenters. The number of para-hydroxylation sites is 1. The van der Waals surface area contributed by atoms with E-state index in [9.17, 15) is 0 Å². The van der Waals surface area contributed by atoms with Crippen LogP contribution in [0.4, 0.5) is 5.69 Å². The third-order valence-corrected chi connectivity index (χ3v) is 6.88. The molecule has 2 aliphatic heterocycles. The maximum Gasteiger partial charge on any atom is 0.205 e. The Morgan fingerprint density at radius 2 is 1.81 bits per heavy atom. The molecule has 1 aromatic rings. The highest BCUT2D eigenvalue weighted by molar-refractivity contribution is 5.80. The number of hydrogen-bond acceptors (Lipinski definition) is 1. The molecular weight excluding hydrogens is 256 g/mol. The Labute approximate surface area is 128 Å². The normalized spacial score (nSPS) is 36.6. The standard InChI is InChI=1S/C19H27N2/c1-14-10-13-19-17(2,3)11-7-12-18(19,4)15-8-5-6-9-16(15)20-21(14)19/h5-6,8-9,20H,7,10-13H2,1-4H3/q+1/t18-,19-/m1/s1. The zero-order valence-corrected chi connectivity index (χ0v) is 13.8. The second kappa shape index (κ2) is 3.91. The number of hydrazone groups is 1. The van der Waals surface area contributed by atoms with E-state index in [2.05, 4.69) is 62.1 Å². The molecule has 1 aliphatic carbocycles. The molecule has 3 aliphatic rings. The van der Waals surface area contributed by atoms with Crippen LogP contribution in [0.5, 0.6) is 0 Å². The summed E-state index contributed by atoms with van der Waals surface area (Å²) in [4.78, 5) is 0. The second-order valence-corrected chi connectivity index (χ2v) is 8.16. The number of nitrogens with zero attached hydrogens (tertiary/aromatic N) is 1. The van der Waals surface area contributed by atoms with Gasteiger partial charge in [-0.3, -0.25) is 0 Å². The van der Waals surface area contributed by atoms with Crippen molar-refractivity contribution >= 4 is 11.4 Å². The molecule has 0 radical (unpaired) electrons. The number of hydrogen-bond donors (Lipinski definition) is 1. The first-order chi connectivity index (χ1) is 9.92. The van der Waals surface area contributed by atoms with Crippen LogP contribution in [0.1, 0.15) is 65.4 Å². The summed E-state index contributed by atoms with van der Waals surface area (Å²) in [5.41, 5.74) is 8.92. The minimum atomic E-state index is 0.219. The molecule has 21 heavy (non-hydrogen) atoms. The van der Waals surface area contributed by atoms with Gasteiger partial charge >= 0.3 is 0 Å². The molecule has 1 spiro atoms. The van der Waals surface area contributed by atoms with Crippen LogP contribution in [0, 0.1) is 5.41 Å². The lowest BCUT2D eigenvalue weighted by Gasteiger charge is -2.57. The van der Waals surface area contributed by atoms with Gasteiger partial charge in [0.25, 0.3) is 0 Å². The summed E-state index contributed by atoms with van der Waals surface area (Å²) >= 11 is 0. The average Bonchev–Trinajstić information content (AvgIpc) is 2.78. The SMILES string of the molecule is CC1=[N+]2Nc3ccccc3[C@@]3(C)CCCC(C)(C)[C@@]23CC1. The number of rotatable bonds is 0. The fourth-order valence-corrected chi connectivity index (χ4v) is 5.85. The number of fused-ring (bicyclic) bond motifs is 2. The molecule has 4 rings (SSSR count). The van der Waals surface area contributed by atoms with Gasteiger partial charge in [0.05, 0.1) is 11.1 Å². The van der Waals surface area contributed by atoms with E-state index in [0.29, 0.717) is 5.41 Å². The molecule has 0 aromatic heterocycles. The van der Waals surface area contributed by atoms with Gasteiger partial charge in [-0.15, -0.1) is 4.68 Å². The van der Waals surface area contributed by atoms with Crippen LogP contribution < -0.4 is 5.43 Å². The van der Waals surface area contributed by atoms with Crippen LogP contribution in [0.2, 0.25) is 0 Å². The van der Waals surface area contributed by atoms with Gasteiger partial charge in [0.1, 0.15) is 0 Å². The maximum absolute atomic E-state index is 3.78. The van der Waals surface area contributed by atoms with Gasteiger partial charge in [-0.25, -0.2) is 0 Å². The predicted octanol–water partition coefficient (Wildman–Crippen LogP) is 4.50. The Balaban J connectivity index is 2.06. The quantitative estimate of drug-likeness (QED) is 0.693. The van der Waals surface area contributed by atoms with E-state index in [4.69, 9.17) is 0 Å². The summed E-state index contributed by atoms with van der Waals surface area (Å²) in [6, 6.07) is 8.97. The van der Waals surface area contributed by atoms with Gasteiger partial charge in [0, 0.05) is 25.2 Å². The molecule has 1 aromatic carbocycles. The topological polar surface area (TPSA) is 15.0 Å². The van der Waals surface area contributed by atoms with E-state index in [1.807, 2.05) is 0 Å². The molecule has 1 fully saturated rings. The summed E-state index contributed by atoms with van der Waals surface area (Å²) < 4.78 is 2.56. The molecule has 2 heteroatoms. The van der Waals surface area contributed by atoms with Crippen molar-refractivity contribution in [3.05, 3.63) is 29.8 Å². The molecule has 112 valence electrons. The molecule has 2 heterocycles. The number of anilines is 1. The van der Waals surface area contributed by atoms with E-state index in [1.165, 1.54) is 49.1 Å². The third kappa shape index (κ3) is 1.37. The lowest BCUT2D eigenvalue weighted by atomic mass is 9.48. The van der Waals surface area contributed by atoms with Crippen LogP contribution in [0.15, 0.2) is 24.3 Å². The highest BCUT2D eigenvalue weighted by atomic mass is 15.5. The summed E-state index contributed by atoms with van der Waals surface area (Å²) in [6.07, 6.45) is 6.48. The lowest BCUT2D eigenvalue weighted by molar-refractivity contribution is -0.616. The molecular formula is C19H27N2+. The Hall–Kier alpha value is -1.31. The van der Waals surface area contributed by atoms with Crippen molar-refractivity contribution in [1.82, 2.24) is 0 Å². The van der Waals surface area contributed by atoms with Gasteiger partial charge in [0.15, 0.2) is 5.71 Å². The largest absolute Gasteiger partial charge is 0.205 e. The summed E-state index contributed by atoms with van der Waals surface area (Å²) in [5, 5.41) is 0. The fourth-order valence-electron chi connectivity index (χ4n) is 5.85. The first kappa shape index (κ1) is 13.4. The van der Waals surface area contributed by atoms with Crippen molar-refractivity contribution in [2.75, 3.05) is 5.43 Å². The van der Waals surface area contributed by atoms with E-state index in [1.54, 1.807) is 0 Å². The summed E-state index contributed by atoms with van der Waals surface area (Å²) in [6.45, 7) is 9.82. The van der Waals surface area contributed by atoms with Gasteiger partial charge in [0.2, 0.25) is 5.54 Å². The van der Waals surface area contributed by atoms with Gasteiger partial charge < -0.3 is 0 Å².